The van der Waals surface area contributed by atoms with Crippen molar-refractivity contribution in [2.45, 2.75) is 33.7 Å². The lowest BCUT2D eigenvalue weighted by Crippen LogP contribution is -2.28. The van der Waals surface area contributed by atoms with E-state index in [1.54, 1.807) is 6.20 Å². The molecule has 1 amide bonds. The first kappa shape index (κ1) is 17.9. The molecule has 0 atom stereocenters. The number of amides is 1. The fourth-order valence-electron chi connectivity index (χ4n) is 2.81. The Bertz CT molecular complexity index is 931. The molecule has 0 aliphatic rings. The van der Waals surface area contributed by atoms with Crippen LogP contribution in [-0.4, -0.2) is 33.8 Å². The summed E-state index contributed by atoms with van der Waals surface area (Å²) in [5.74, 6) is 0.654. The van der Waals surface area contributed by atoms with Gasteiger partial charge in [0.1, 0.15) is 12.4 Å². The molecule has 3 rings (SSSR count). The number of carbonyl (C=O) groups excluding carboxylic acids is 1. The molecule has 6 heteroatoms. The van der Waals surface area contributed by atoms with Crippen molar-refractivity contribution in [1.82, 2.24) is 20.1 Å². The monoisotopic (exact) mass is 352 g/mol. The predicted molar refractivity (Wildman–Crippen MR) is 102 cm³/mol. The SMILES string of the molecule is Cc1cccc(OCCNC(=O)c2cc3cnn(C(C)C)c3nc2C)c1. The molecule has 2 heterocycles. The van der Waals surface area contributed by atoms with Crippen molar-refractivity contribution in [2.75, 3.05) is 13.2 Å². The van der Waals surface area contributed by atoms with Crippen LogP contribution in [0.2, 0.25) is 0 Å². The lowest BCUT2D eigenvalue weighted by Gasteiger charge is -2.11. The van der Waals surface area contributed by atoms with E-state index in [1.165, 1.54) is 0 Å². The average Bonchev–Trinajstić information content (AvgIpc) is 3.00. The highest BCUT2D eigenvalue weighted by Crippen LogP contribution is 2.19. The van der Waals surface area contributed by atoms with Crippen LogP contribution in [0.5, 0.6) is 5.75 Å². The molecule has 0 radical (unpaired) electrons. The van der Waals surface area contributed by atoms with Crippen LogP contribution in [0, 0.1) is 13.8 Å². The van der Waals surface area contributed by atoms with E-state index in [9.17, 15) is 4.79 Å². The Morgan fingerprint density at radius 1 is 1.27 bits per heavy atom. The van der Waals surface area contributed by atoms with Crippen LogP contribution in [0.1, 0.15) is 41.5 Å². The first-order valence-corrected chi connectivity index (χ1v) is 8.78. The first-order chi connectivity index (χ1) is 12.5. The zero-order valence-corrected chi connectivity index (χ0v) is 15.6. The van der Waals surface area contributed by atoms with Crippen LogP contribution in [-0.2, 0) is 0 Å². The summed E-state index contributed by atoms with van der Waals surface area (Å²) in [5.41, 5.74) is 3.20. The van der Waals surface area contributed by atoms with E-state index in [1.807, 2.05) is 48.9 Å². The lowest BCUT2D eigenvalue weighted by molar-refractivity contribution is 0.0946. The van der Waals surface area contributed by atoms with E-state index >= 15 is 0 Å². The third-order valence-corrected chi connectivity index (χ3v) is 4.14. The van der Waals surface area contributed by atoms with E-state index in [4.69, 9.17) is 4.74 Å². The molecule has 0 aliphatic carbocycles. The molecular formula is C20H24N4O2. The zero-order chi connectivity index (χ0) is 18.7. The minimum absolute atomic E-state index is 0.151. The maximum atomic E-state index is 12.5. The van der Waals surface area contributed by atoms with Crippen molar-refractivity contribution in [3.05, 3.63) is 53.3 Å². The van der Waals surface area contributed by atoms with E-state index in [-0.39, 0.29) is 11.9 Å². The van der Waals surface area contributed by atoms with Gasteiger partial charge in [-0.05, 0) is 51.5 Å². The number of pyridine rings is 1. The van der Waals surface area contributed by atoms with Crippen molar-refractivity contribution in [3.63, 3.8) is 0 Å². The third-order valence-electron chi connectivity index (χ3n) is 4.14. The number of aromatic nitrogens is 3. The smallest absolute Gasteiger partial charge is 0.253 e. The number of nitrogens with zero attached hydrogens (tertiary/aromatic N) is 3. The largest absolute Gasteiger partial charge is 0.492 e. The number of rotatable bonds is 6. The van der Waals surface area contributed by atoms with Gasteiger partial charge >= 0.3 is 0 Å². The molecule has 0 saturated heterocycles. The lowest BCUT2D eigenvalue weighted by atomic mass is 10.1. The van der Waals surface area contributed by atoms with Crippen LogP contribution in [0.3, 0.4) is 0 Å². The van der Waals surface area contributed by atoms with Crippen LogP contribution >= 0.6 is 0 Å². The molecule has 0 bridgehead atoms. The van der Waals surface area contributed by atoms with Gasteiger partial charge in [0.05, 0.1) is 24.0 Å². The highest BCUT2D eigenvalue weighted by atomic mass is 16.5. The molecule has 0 fully saturated rings. The number of fused-ring (bicyclic) bond motifs is 1. The fraction of sp³-hybridized carbons (Fsp3) is 0.350. The number of aryl methyl sites for hydroxylation is 2. The number of nitrogens with one attached hydrogen (secondary N) is 1. The zero-order valence-electron chi connectivity index (χ0n) is 15.6. The van der Waals surface area contributed by atoms with Gasteiger partial charge in [0.2, 0.25) is 0 Å². The van der Waals surface area contributed by atoms with Crippen LogP contribution in [0.15, 0.2) is 36.5 Å². The average molecular weight is 352 g/mol. The Morgan fingerprint density at radius 3 is 2.81 bits per heavy atom. The Hall–Kier alpha value is -2.89. The van der Waals surface area contributed by atoms with Crippen molar-refractivity contribution >= 4 is 16.9 Å². The number of ether oxygens (including phenoxy) is 1. The van der Waals surface area contributed by atoms with Crippen LogP contribution in [0.25, 0.3) is 11.0 Å². The van der Waals surface area contributed by atoms with Crippen molar-refractivity contribution < 1.29 is 9.53 Å². The molecule has 6 nitrogen and oxygen atoms in total. The highest BCUT2D eigenvalue weighted by molar-refractivity contribution is 5.98. The molecule has 136 valence electrons. The third kappa shape index (κ3) is 3.85. The van der Waals surface area contributed by atoms with Gasteiger partial charge in [0.15, 0.2) is 5.65 Å². The standard InChI is InChI=1S/C20H24N4O2/c1-13(2)24-19-16(12-22-24)11-18(15(4)23-19)20(25)21-8-9-26-17-7-5-6-14(3)10-17/h5-7,10-13H,8-9H2,1-4H3,(H,21,25). The van der Waals surface area contributed by atoms with Gasteiger partial charge in [-0.15, -0.1) is 0 Å². The normalized spacial score (nSPS) is 11.1. The molecule has 2 aromatic heterocycles. The summed E-state index contributed by atoms with van der Waals surface area (Å²) in [5, 5.41) is 8.11. The molecule has 26 heavy (non-hydrogen) atoms. The van der Waals surface area contributed by atoms with Gasteiger partial charge in [-0.2, -0.15) is 5.10 Å². The maximum absolute atomic E-state index is 12.5. The van der Waals surface area contributed by atoms with Gasteiger partial charge in [0.25, 0.3) is 5.91 Å². The number of hydrogen-bond donors (Lipinski definition) is 1. The summed E-state index contributed by atoms with van der Waals surface area (Å²) in [6.45, 7) is 8.80. The van der Waals surface area contributed by atoms with Crippen molar-refractivity contribution in [2.24, 2.45) is 0 Å². The summed E-state index contributed by atoms with van der Waals surface area (Å²) in [6.07, 6.45) is 1.75. The Balaban J connectivity index is 1.63. The molecule has 1 N–H and O–H groups in total. The Labute approximate surface area is 153 Å². The van der Waals surface area contributed by atoms with Gasteiger partial charge in [-0.3, -0.25) is 4.79 Å². The highest BCUT2D eigenvalue weighted by Gasteiger charge is 2.15. The molecule has 0 aliphatic heterocycles. The van der Waals surface area contributed by atoms with Gasteiger partial charge in [0, 0.05) is 11.4 Å². The molecule has 0 spiro atoms. The molecule has 3 aromatic rings. The summed E-state index contributed by atoms with van der Waals surface area (Å²) in [4.78, 5) is 17.1. The number of benzene rings is 1. The second-order valence-corrected chi connectivity index (χ2v) is 6.64. The second-order valence-electron chi connectivity index (χ2n) is 6.64. The van der Waals surface area contributed by atoms with E-state index in [0.717, 1.165) is 22.3 Å². The molecule has 0 unspecified atom stereocenters. The second kappa shape index (κ2) is 7.56. The Kier molecular flexibility index (Phi) is 5.21. The van der Waals surface area contributed by atoms with E-state index < -0.39 is 0 Å². The Morgan fingerprint density at radius 2 is 2.08 bits per heavy atom. The number of hydrogen-bond acceptors (Lipinski definition) is 4. The van der Waals surface area contributed by atoms with Crippen LogP contribution in [0.4, 0.5) is 0 Å². The topological polar surface area (TPSA) is 69.0 Å². The summed E-state index contributed by atoms with van der Waals surface area (Å²) >= 11 is 0. The van der Waals surface area contributed by atoms with Gasteiger partial charge < -0.3 is 10.1 Å². The van der Waals surface area contributed by atoms with Crippen molar-refractivity contribution in [3.8, 4) is 5.75 Å². The first-order valence-electron chi connectivity index (χ1n) is 8.78. The minimum atomic E-state index is -0.151. The van der Waals surface area contributed by atoms with Gasteiger partial charge in [-0.25, -0.2) is 9.67 Å². The molecular weight excluding hydrogens is 328 g/mol. The van der Waals surface area contributed by atoms with Gasteiger partial charge in [-0.1, -0.05) is 12.1 Å². The summed E-state index contributed by atoms with van der Waals surface area (Å²) in [6, 6.07) is 9.91. The van der Waals surface area contributed by atoms with E-state index in [2.05, 4.69) is 29.2 Å². The molecule has 1 aromatic carbocycles. The van der Waals surface area contributed by atoms with E-state index in [0.29, 0.717) is 24.4 Å². The quantitative estimate of drug-likeness (QED) is 0.690. The molecule has 0 saturated carbocycles. The van der Waals surface area contributed by atoms with Crippen molar-refractivity contribution in [1.29, 1.82) is 0 Å². The van der Waals surface area contributed by atoms with Crippen LogP contribution < -0.4 is 10.1 Å². The fourth-order valence-corrected chi connectivity index (χ4v) is 2.81. The summed E-state index contributed by atoms with van der Waals surface area (Å²) in [7, 11) is 0. The number of carbonyl (C=O) groups is 1. The maximum Gasteiger partial charge on any atom is 0.253 e. The minimum Gasteiger partial charge on any atom is -0.492 e. The summed E-state index contributed by atoms with van der Waals surface area (Å²) < 4.78 is 7.52. The predicted octanol–water partition coefficient (Wildman–Crippen LogP) is 3.44.